The van der Waals surface area contributed by atoms with Gasteiger partial charge in [0.05, 0.1) is 7.11 Å². The molecule has 0 aliphatic heterocycles. The van der Waals surface area contributed by atoms with Crippen molar-refractivity contribution in [3.05, 3.63) is 89.5 Å². The lowest BCUT2D eigenvalue weighted by Crippen LogP contribution is -1.99. The Balaban J connectivity index is 1.69. The third kappa shape index (κ3) is 4.20. The molecule has 4 nitrogen and oxygen atoms in total. The maximum absolute atomic E-state index is 5.28. The maximum Gasteiger partial charge on any atom is 0.196 e. The van der Waals surface area contributed by atoms with Crippen LogP contribution in [0.5, 0.6) is 5.75 Å². The van der Waals surface area contributed by atoms with Gasteiger partial charge in [0.1, 0.15) is 5.75 Å². The van der Waals surface area contributed by atoms with Crippen molar-refractivity contribution in [1.29, 1.82) is 0 Å². The summed E-state index contributed by atoms with van der Waals surface area (Å²) in [4.78, 5) is 0. The van der Waals surface area contributed by atoms with E-state index in [1.807, 2.05) is 42.5 Å². The summed E-state index contributed by atoms with van der Waals surface area (Å²) in [6, 6.07) is 24.8. The van der Waals surface area contributed by atoms with E-state index in [-0.39, 0.29) is 0 Å². The van der Waals surface area contributed by atoms with Crippen molar-refractivity contribution >= 4 is 11.8 Å². The van der Waals surface area contributed by atoms with Crippen molar-refractivity contribution in [3.8, 4) is 22.8 Å². The average molecular weight is 402 g/mol. The Kier molecular flexibility index (Phi) is 5.67. The Morgan fingerprint density at radius 3 is 2.31 bits per heavy atom. The zero-order valence-electron chi connectivity index (χ0n) is 16.8. The van der Waals surface area contributed by atoms with Crippen LogP contribution in [0.1, 0.15) is 16.7 Å². The topological polar surface area (TPSA) is 39.9 Å². The third-order valence-electron chi connectivity index (χ3n) is 4.94. The molecule has 1 heterocycles. The molecule has 4 rings (SSSR count). The van der Waals surface area contributed by atoms with Crippen LogP contribution in [0.2, 0.25) is 0 Å². The minimum Gasteiger partial charge on any atom is -0.497 e. The average Bonchev–Trinajstić information content (AvgIpc) is 3.19. The number of rotatable bonds is 6. The number of hydrogen-bond acceptors (Lipinski definition) is 4. The quantitative estimate of drug-likeness (QED) is 0.380. The molecule has 0 N–H and O–H groups in total. The lowest BCUT2D eigenvalue weighted by molar-refractivity contribution is 0.415. The first-order valence-electron chi connectivity index (χ1n) is 9.50. The summed E-state index contributed by atoms with van der Waals surface area (Å²) < 4.78 is 7.40. The molecule has 0 saturated carbocycles. The minimum absolute atomic E-state index is 0.821. The van der Waals surface area contributed by atoms with Crippen LogP contribution in [0.25, 0.3) is 17.1 Å². The molecule has 0 unspecified atom stereocenters. The van der Waals surface area contributed by atoms with Gasteiger partial charge in [0.15, 0.2) is 11.0 Å². The second-order valence-electron chi connectivity index (χ2n) is 6.91. The summed E-state index contributed by atoms with van der Waals surface area (Å²) in [6.45, 7) is 4.29. The molecule has 1 aromatic heterocycles. The van der Waals surface area contributed by atoms with Crippen LogP contribution < -0.4 is 4.74 Å². The van der Waals surface area contributed by atoms with Crippen molar-refractivity contribution in [1.82, 2.24) is 14.8 Å². The van der Waals surface area contributed by atoms with Gasteiger partial charge in [-0.15, -0.1) is 10.2 Å². The van der Waals surface area contributed by atoms with Crippen LogP contribution >= 0.6 is 11.8 Å². The van der Waals surface area contributed by atoms with Crippen molar-refractivity contribution in [2.45, 2.75) is 24.8 Å². The van der Waals surface area contributed by atoms with Crippen molar-refractivity contribution in [3.63, 3.8) is 0 Å². The summed E-state index contributed by atoms with van der Waals surface area (Å²) in [5, 5.41) is 9.90. The second-order valence-corrected chi connectivity index (χ2v) is 7.86. The van der Waals surface area contributed by atoms with Crippen LogP contribution in [0.4, 0.5) is 0 Å². The standard InChI is InChI=1S/C24H23N3OS/c1-17-9-10-19(15-18(17)2)16-29-24-26-25-23(20-11-13-22(28-3)14-12-20)27(24)21-7-5-4-6-8-21/h4-15H,16H2,1-3H3. The van der Waals surface area contributed by atoms with Gasteiger partial charge in [-0.3, -0.25) is 4.57 Å². The number of para-hydroxylation sites is 1. The van der Waals surface area contributed by atoms with E-state index in [9.17, 15) is 0 Å². The van der Waals surface area contributed by atoms with Gasteiger partial charge in [-0.25, -0.2) is 0 Å². The van der Waals surface area contributed by atoms with E-state index in [0.717, 1.165) is 33.7 Å². The van der Waals surface area contributed by atoms with Gasteiger partial charge >= 0.3 is 0 Å². The van der Waals surface area contributed by atoms with Crippen molar-refractivity contribution in [2.75, 3.05) is 7.11 Å². The predicted octanol–water partition coefficient (Wildman–Crippen LogP) is 5.85. The summed E-state index contributed by atoms with van der Waals surface area (Å²) in [7, 11) is 1.67. The Bertz CT molecular complexity index is 1100. The number of methoxy groups -OCH3 is 1. The molecular formula is C24H23N3OS. The SMILES string of the molecule is COc1ccc(-c2nnc(SCc3ccc(C)c(C)c3)n2-c2ccccc2)cc1. The number of aromatic nitrogens is 3. The van der Waals surface area contributed by atoms with Gasteiger partial charge in [0, 0.05) is 17.0 Å². The van der Waals surface area contributed by atoms with Gasteiger partial charge in [-0.1, -0.05) is 48.2 Å². The van der Waals surface area contributed by atoms with E-state index in [1.54, 1.807) is 18.9 Å². The number of ether oxygens (including phenoxy) is 1. The highest BCUT2D eigenvalue weighted by Gasteiger charge is 2.16. The molecule has 0 aliphatic rings. The molecule has 0 saturated heterocycles. The van der Waals surface area contributed by atoms with Gasteiger partial charge < -0.3 is 4.74 Å². The van der Waals surface area contributed by atoms with Gasteiger partial charge in [-0.05, 0) is 66.9 Å². The lowest BCUT2D eigenvalue weighted by Gasteiger charge is -2.11. The van der Waals surface area contributed by atoms with E-state index in [0.29, 0.717) is 0 Å². The third-order valence-corrected chi connectivity index (χ3v) is 5.94. The zero-order valence-corrected chi connectivity index (χ0v) is 17.6. The molecule has 0 atom stereocenters. The summed E-state index contributed by atoms with van der Waals surface area (Å²) in [6.07, 6.45) is 0. The Labute approximate surface area is 175 Å². The van der Waals surface area contributed by atoms with E-state index in [4.69, 9.17) is 4.74 Å². The fourth-order valence-corrected chi connectivity index (χ4v) is 4.04. The van der Waals surface area contributed by atoms with Crippen molar-refractivity contribution in [2.24, 2.45) is 0 Å². The first-order valence-corrected chi connectivity index (χ1v) is 10.5. The lowest BCUT2D eigenvalue weighted by atomic mass is 10.1. The monoisotopic (exact) mass is 401 g/mol. The predicted molar refractivity (Wildman–Crippen MR) is 119 cm³/mol. The van der Waals surface area contributed by atoms with Crippen LogP contribution in [0.15, 0.2) is 78.0 Å². The fraction of sp³-hybridized carbons (Fsp3) is 0.167. The Hall–Kier alpha value is -3.05. The Morgan fingerprint density at radius 2 is 1.62 bits per heavy atom. The molecule has 0 amide bonds. The molecule has 0 aliphatic carbocycles. The van der Waals surface area contributed by atoms with E-state index in [2.05, 4.69) is 58.9 Å². The minimum atomic E-state index is 0.821. The highest BCUT2D eigenvalue weighted by atomic mass is 32.2. The van der Waals surface area contributed by atoms with E-state index in [1.165, 1.54) is 16.7 Å². The van der Waals surface area contributed by atoms with Gasteiger partial charge in [0.25, 0.3) is 0 Å². The van der Waals surface area contributed by atoms with Crippen LogP contribution in [0, 0.1) is 13.8 Å². The molecule has 0 fully saturated rings. The number of nitrogens with zero attached hydrogens (tertiary/aromatic N) is 3. The molecular weight excluding hydrogens is 378 g/mol. The summed E-state index contributed by atoms with van der Waals surface area (Å²) in [5.74, 6) is 2.49. The fourth-order valence-electron chi connectivity index (χ4n) is 3.14. The van der Waals surface area contributed by atoms with Crippen molar-refractivity contribution < 1.29 is 4.74 Å². The molecule has 146 valence electrons. The number of benzene rings is 3. The zero-order chi connectivity index (χ0) is 20.2. The molecule has 29 heavy (non-hydrogen) atoms. The van der Waals surface area contributed by atoms with Crippen LogP contribution in [0.3, 0.4) is 0 Å². The first-order chi connectivity index (χ1) is 14.2. The molecule has 0 bridgehead atoms. The molecule has 5 heteroatoms. The van der Waals surface area contributed by atoms with Gasteiger partial charge in [-0.2, -0.15) is 0 Å². The van der Waals surface area contributed by atoms with Gasteiger partial charge in [0.2, 0.25) is 0 Å². The van der Waals surface area contributed by atoms with E-state index >= 15 is 0 Å². The molecule has 0 spiro atoms. The highest BCUT2D eigenvalue weighted by molar-refractivity contribution is 7.98. The van der Waals surface area contributed by atoms with Crippen LogP contribution in [-0.4, -0.2) is 21.9 Å². The highest BCUT2D eigenvalue weighted by Crippen LogP contribution is 2.30. The second kappa shape index (κ2) is 8.53. The Morgan fingerprint density at radius 1 is 0.862 bits per heavy atom. The smallest absolute Gasteiger partial charge is 0.196 e. The molecule has 0 radical (unpaired) electrons. The molecule has 3 aromatic carbocycles. The van der Waals surface area contributed by atoms with Crippen LogP contribution in [-0.2, 0) is 5.75 Å². The first kappa shape index (κ1) is 19.3. The van der Waals surface area contributed by atoms with E-state index < -0.39 is 0 Å². The molecule has 4 aromatic rings. The normalized spacial score (nSPS) is 10.9. The summed E-state index contributed by atoms with van der Waals surface area (Å²) >= 11 is 1.70. The number of aryl methyl sites for hydroxylation is 2. The maximum atomic E-state index is 5.28. The number of hydrogen-bond donors (Lipinski definition) is 0. The number of thioether (sulfide) groups is 1. The summed E-state index contributed by atoms with van der Waals surface area (Å²) in [5.41, 5.74) is 5.96. The largest absolute Gasteiger partial charge is 0.497 e.